The number of aryl methyl sites for hydroxylation is 2. The van der Waals surface area contributed by atoms with Gasteiger partial charge in [0.05, 0.1) is 6.10 Å². The average Bonchev–Trinajstić information content (AvgIpc) is 2.48. The monoisotopic (exact) mass is 429 g/mol. The zero-order chi connectivity index (χ0) is 9.42. The van der Waals surface area contributed by atoms with Crippen molar-refractivity contribution in [1.29, 1.82) is 0 Å². The average molecular weight is 429 g/mol. The molecule has 0 fully saturated rings. The van der Waals surface area contributed by atoms with E-state index < -0.39 is 0 Å². The van der Waals surface area contributed by atoms with Crippen molar-refractivity contribution < 1.29 is 36.2 Å². The molecule has 0 heterocycles. The number of fused-ring (bicyclic) bond motifs is 1. The Morgan fingerprint density at radius 2 is 2.07 bits per heavy atom. The minimum Gasteiger partial charge on any atom is -0.388 e. The van der Waals surface area contributed by atoms with Crippen molar-refractivity contribution in [2.45, 2.75) is 39.2 Å². The van der Waals surface area contributed by atoms with E-state index in [1.165, 1.54) is 22.3 Å². The third-order valence-corrected chi connectivity index (χ3v) is 3.00. The molecular formula is C13H19OU-. The topological polar surface area (TPSA) is 20.2 Å². The second-order valence-corrected chi connectivity index (χ2v) is 3.89. The van der Waals surface area contributed by atoms with Crippen LogP contribution in [0.3, 0.4) is 0 Å². The summed E-state index contributed by atoms with van der Waals surface area (Å²) in [7, 11) is 0. The van der Waals surface area contributed by atoms with Gasteiger partial charge in [-0.25, -0.2) is 0 Å². The number of benzene rings is 1. The summed E-state index contributed by atoms with van der Waals surface area (Å²) in [6, 6.07) is 4.41. The maximum absolute atomic E-state index is 9.73. The van der Waals surface area contributed by atoms with Gasteiger partial charge in [0.1, 0.15) is 0 Å². The standard InChI is InChI=1S/C12H16O.CH3.U/c1-3-9-6-8(2)10-4-5-12(13)11(10)7-9;;/h6-7,12-13H,3-5H2,1-2H3;1H3;/q;-1;. The first-order valence-corrected chi connectivity index (χ1v) is 5.02. The van der Waals surface area contributed by atoms with E-state index in [1.54, 1.807) is 0 Å². The first-order chi connectivity index (χ1) is 6.22. The van der Waals surface area contributed by atoms with Crippen molar-refractivity contribution >= 4 is 0 Å². The maximum atomic E-state index is 9.73. The molecule has 82 valence electrons. The number of aliphatic hydroxyl groups excluding tert-OH is 1. The van der Waals surface area contributed by atoms with E-state index >= 15 is 0 Å². The molecule has 15 heavy (non-hydrogen) atoms. The summed E-state index contributed by atoms with van der Waals surface area (Å²) < 4.78 is 0. The number of hydrogen-bond donors (Lipinski definition) is 1. The van der Waals surface area contributed by atoms with Crippen molar-refractivity contribution in [2.24, 2.45) is 0 Å². The molecular weight excluding hydrogens is 410 g/mol. The molecule has 2 rings (SSSR count). The molecule has 0 radical (unpaired) electrons. The van der Waals surface area contributed by atoms with Gasteiger partial charge >= 0.3 is 0 Å². The van der Waals surface area contributed by atoms with Crippen LogP contribution >= 0.6 is 0 Å². The van der Waals surface area contributed by atoms with E-state index in [9.17, 15) is 5.11 Å². The second kappa shape index (κ2) is 6.09. The molecule has 1 nitrogen and oxygen atoms in total. The Labute approximate surface area is 117 Å². The number of hydrogen-bond acceptors (Lipinski definition) is 1. The van der Waals surface area contributed by atoms with Crippen LogP contribution in [0.5, 0.6) is 0 Å². The summed E-state index contributed by atoms with van der Waals surface area (Å²) in [5.41, 5.74) is 5.25. The summed E-state index contributed by atoms with van der Waals surface area (Å²) >= 11 is 0. The molecule has 1 aliphatic carbocycles. The van der Waals surface area contributed by atoms with Gasteiger partial charge in [-0.1, -0.05) is 19.1 Å². The first kappa shape index (κ1) is 15.2. The van der Waals surface area contributed by atoms with Crippen LogP contribution in [0.15, 0.2) is 12.1 Å². The molecule has 0 bridgehead atoms. The Kier molecular flexibility index (Phi) is 6.18. The SMILES string of the molecule is CCc1cc(C)c2c(c1)C(O)CC2.[CH3-].[U]. The summed E-state index contributed by atoms with van der Waals surface area (Å²) in [4.78, 5) is 0. The molecule has 0 saturated carbocycles. The smallest absolute Gasteiger partial charge is 0.0796 e. The van der Waals surface area contributed by atoms with Crippen LogP contribution < -0.4 is 0 Å². The molecule has 0 spiro atoms. The quantitative estimate of drug-likeness (QED) is 0.681. The van der Waals surface area contributed by atoms with Crippen LogP contribution in [0.25, 0.3) is 0 Å². The molecule has 1 atom stereocenters. The minimum absolute atomic E-state index is 0. The predicted molar refractivity (Wildman–Crippen MR) is 60.3 cm³/mol. The third kappa shape index (κ3) is 2.87. The predicted octanol–water partition coefficient (Wildman–Crippen LogP) is 2.99. The largest absolute Gasteiger partial charge is 0.388 e. The van der Waals surface area contributed by atoms with Gasteiger partial charge < -0.3 is 12.5 Å². The molecule has 2 heteroatoms. The fourth-order valence-corrected chi connectivity index (χ4v) is 2.20. The van der Waals surface area contributed by atoms with Gasteiger partial charge in [-0.15, -0.1) is 0 Å². The normalized spacial score (nSPS) is 17.7. The van der Waals surface area contributed by atoms with Gasteiger partial charge in [0.15, 0.2) is 0 Å². The van der Waals surface area contributed by atoms with E-state index in [0.29, 0.717) is 0 Å². The van der Waals surface area contributed by atoms with Crippen LogP contribution in [0, 0.1) is 45.5 Å². The molecule has 1 aliphatic rings. The van der Waals surface area contributed by atoms with Gasteiger partial charge in [-0.3, -0.25) is 0 Å². The van der Waals surface area contributed by atoms with Crippen molar-refractivity contribution in [3.05, 3.63) is 41.8 Å². The Morgan fingerprint density at radius 3 is 2.67 bits per heavy atom. The molecule has 1 N–H and O–H groups in total. The molecule has 1 unspecified atom stereocenters. The number of rotatable bonds is 1. The molecule has 0 aliphatic heterocycles. The van der Waals surface area contributed by atoms with E-state index in [2.05, 4.69) is 26.0 Å². The number of aliphatic hydroxyl groups is 1. The Morgan fingerprint density at radius 1 is 1.40 bits per heavy atom. The Bertz CT molecular complexity index is 334. The fraction of sp³-hybridized carbons (Fsp3) is 0.462. The second-order valence-electron chi connectivity index (χ2n) is 3.89. The summed E-state index contributed by atoms with van der Waals surface area (Å²) in [6.45, 7) is 4.30. The van der Waals surface area contributed by atoms with Crippen LogP contribution in [-0.2, 0) is 12.8 Å². The van der Waals surface area contributed by atoms with Crippen LogP contribution in [0.4, 0.5) is 0 Å². The molecule has 0 aromatic heterocycles. The summed E-state index contributed by atoms with van der Waals surface area (Å²) in [6.07, 6.45) is 2.80. The van der Waals surface area contributed by atoms with Crippen LogP contribution in [0.1, 0.15) is 41.7 Å². The third-order valence-electron chi connectivity index (χ3n) is 3.00. The van der Waals surface area contributed by atoms with Crippen molar-refractivity contribution in [1.82, 2.24) is 0 Å². The van der Waals surface area contributed by atoms with Crippen molar-refractivity contribution in [3.8, 4) is 0 Å². The van der Waals surface area contributed by atoms with Crippen molar-refractivity contribution in [2.75, 3.05) is 0 Å². The van der Waals surface area contributed by atoms with Gasteiger partial charge in [-0.05, 0) is 48.4 Å². The molecule has 1 aromatic carbocycles. The molecule has 1 aromatic rings. The molecule has 0 saturated heterocycles. The van der Waals surface area contributed by atoms with Crippen molar-refractivity contribution in [3.63, 3.8) is 0 Å². The first-order valence-electron chi connectivity index (χ1n) is 5.02. The van der Waals surface area contributed by atoms with Gasteiger partial charge in [0.25, 0.3) is 0 Å². The minimum atomic E-state index is -0.208. The van der Waals surface area contributed by atoms with Crippen LogP contribution in [-0.4, -0.2) is 5.11 Å². The van der Waals surface area contributed by atoms with E-state index in [-0.39, 0.29) is 44.6 Å². The zero-order valence-electron chi connectivity index (χ0n) is 9.80. The van der Waals surface area contributed by atoms with E-state index in [4.69, 9.17) is 0 Å². The fourth-order valence-electron chi connectivity index (χ4n) is 2.20. The Hall–Kier alpha value is 0.232. The van der Waals surface area contributed by atoms with Gasteiger partial charge in [-0.2, -0.15) is 0 Å². The van der Waals surface area contributed by atoms with Gasteiger partial charge in [0, 0.05) is 31.1 Å². The zero-order valence-corrected chi connectivity index (χ0v) is 14.0. The Balaban J connectivity index is 0.000000980. The van der Waals surface area contributed by atoms with E-state index in [1.807, 2.05) is 0 Å². The van der Waals surface area contributed by atoms with Gasteiger partial charge in [0.2, 0.25) is 0 Å². The van der Waals surface area contributed by atoms with E-state index in [0.717, 1.165) is 19.3 Å². The maximum Gasteiger partial charge on any atom is 0.0796 e. The van der Waals surface area contributed by atoms with Crippen LogP contribution in [0.2, 0.25) is 0 Å². The molecule has 0 amide bonds. The summed E-state index contributed by atoms with van der Waals surface area (Å²) in [5, 5.41) is 9.73. The summed E-state index contributed by atoms with van der Waals surface area (Å²) in [5.74, 6) is 0.